The molecule has 4 rings (SSSR count). The summed E-state index contributed by atoms with van der Waals surface area (Å²) in [6.07, 6.45) is 1.85. The third-order valence-corrected chi connectivity index (χ3v) is 5.84. The number of fused-ring (bicyclic) bond motifs is 2. The highest BCUT2D eigenvalue weighted by molar-refractivity contribution is 6.09. The number of nitrogen functional groups attached to an aromatic ring is 1. The molecule has 0 aliphatic carbocycles. The van der Waals surface area contributed by atoms with Crippen LogP contribution in [0.1, 0.15) is 54.3 Å². The molecule has 2 N–H and O–H groups in total. The molecular formula is C25H26N4O3. The van der Waals surface area contributed by atoms with Crippen LogP contribution in [0.25, 0.3) is 27.9 Å². The minimum atomic E-state index is -0.511. The van der Waals surface area contributed by atoms with E-state index < -0.39 is 5.97 Å². The number of para-hydroxylation sites is 2. The summed E-state index contributed by atoms with van der Waals surface area (Å²) in [5.41, 5.74) is 10.2. The van der Waals surface area contributed by atoms with Crippen molar-refractivity contribution in [3.05, 3.63) is 59.7 Å². The summed E-state index contributed by atoms with van der Waals surface area (Å²) in [6.45, 7) is 5.99. The molecule has 7 heteroatoms. The number of carbonyl (C=O) groups excluding carboxylic acids is 2. The molecule has 0 saturated carbocycles. The first kappa shape index (κ1) is 21.5. The second kappa shape index (κ2) is 8.78. The van der Waals surface area contributed by atoms with Crippen LogP contribution in [0.15, 0.2) is 48.5 Å². The van der Waals surface area contributed by atoms with Gasteiger partial charge in [0.25, 0.3) is 0 Å². The largest absolute Gasteiger partial charge is 0.462 e. The van der Waals surface area contributed by atoms with Crippen molar-refractivity contribution in [2.75, 3.05) is 12.3 Å². The van der Waals surface area contributed by atoms with Gasteiger partial charge in [-0.05, 0) is 49.2 Å². The summed E-state index contributed by atoms with van der Waals surface area (Å²) in [6, 6.07) is 14.5. The molecule has 4 aromatic rings. The average molecular weight is 431 g/mol. The zero-order valence-electron chi connectivity index (χ0n) is 18.5. The first-order valence-electron chi connectivity index (χ1n) is 10.8. The van der Waals surface area contributed by atoms with Crippen LogP contribution in [0, 0.1) is 5.92 Å². The second-order valence-corrected chi connectivity index (χ2v) is 7.86. The van der Waals surface area contributed by atoms with Crippen molar-refractivity contribution < 1.29 is 14.3 Å². The number of ketones is 1. The number of hydrogen-bond acceptors (Lipinski definition) is 6. The second-order valence-electron chi connectivity index (χ2n) is 7.86. The Morgan fingerprint density at radius 2 is 1.62 bits per heavy atom. The lowest BCUT2D eigenvalue weighted by molar-refractivity contribution is 0.0436. The van der Waals surface area contributed by atoms with Gasteiger partial charge < -0.3 is 10.5 Å². The van der Waals surface area contributed by atoms with E-state index in [0.717, 1.165) is 12.8 Å². The molecule has 32 heavy (non-hydrogen) atoms. The molecule has 164 valence electrons. The summed E-state index contributed by atoms with van der Waals surface area (Å²) >= 11 is 0. The minimum absolute atomic E-state index is 0.0293. The monoisotopic (exact) mass is 430 g/mol. The van der Waals surface area contributed by atoms with E-state index in [2.05, 4.69) is 13.8 Å². The Kier molecular flexibility index (Phi) is 5.90. The number of aromatic nitrogens is 3. The number of nitrogens with two attached hydrogens (primary N) is 1. The van der Waals surface area contributed by atoms with Gasteiger partial charge in [-0.3, -0.25) is 9.36 Å². The lowest BCUT2D eigenvalue weighted by Gasteiger charge is -2.12. The molecule has 0 saturated heterocycles. The Bertz CT molecular complexity index is 1300. The lowest BCUT2D eigenvalue weighted by atomic mass is 10.1. The number of carbonyl (C=O) groups is 2. The molecule has 0 fully saturated rings. The predicted molar refractivity (Wildman–Crippen MR) is 125 cm³/mol. The Balaban J connectivity index is 1.89. The Labute approximate surface area is 186 Å². The van der Waals surface area contributed by atoms with Gasteiger partial charge in [-0.15, -0.1) is 0 Å². The number of nitrogens with zero attached hydrogens (tertiary/aromatic N) is 3. The first-order chi connectivity index (χ1) is 15.4. The summed E-state index contributed by atoms with van der Waals surface area (Å²) in [7, 11) is 0. The van der Waals surface area contributed by atoms with Crippen LogP contribution in [-0.2, 0) is 4.74 Å². The quantitative estimate of drug-likeness (QED) is 0.329. The average Bonchev–Trinajstić information content (AvgIpc) is 3.08. The summed E-state index contributed by atoms with van der Waals surface area (Å²) < 4.78 is 7.31. The molecule has 2 aromatic heterocycles. The van der Waals surface area contributed by atoms with Crippen LogP contribution in [-0.4, -0.2) is 32.9 Å². The van der Waals surface area contributed by atoms with Crippen LogP contribution in [0.3, 0.4) is 0 Å². The van der Waals surface area contributed by atoms with Crippen LogP contribution in [0.5, 0.6) is 0 Å². The molecule has 0 radical (unpaired) electrons. The van der Waals surface area contributed by atoms with Crippen molar-refractivity contribution in [3.8, 4) is 5.69 Å². The normalized spacial score (nSPS) is 11.4. The molecular weight excluding hydrogens is 404 g/mol. The number of hydrogen-bond donors (Lipinski definition) is 1. The Morgan fingerprint density at radius 1 is 1.00 bits per heavy atom. The zero-order chi connectivity index (χ0) is 22.8. The van der Waals surface area contributed by atoms with Crippen molar-refractivity contribution >= 4 is 39.8 Å². The van der Waals surface area contributed by atoms with Crippen LogP contribution >= 0.6 is 0 Å². The molecule has 2 heterocycles. The fraction of sp³-hybridized carbons (Fsp3) is 0.280. The molecule has 0 aliphatic heterocycles. The Hall–Kier alpha value is -3.74. The molecule has 7 nitrogen and oxygen atoms in total. The number of ether oxygens (including phenoxy) is 1. The molecule has 0 unspecified atom stereocenters. The standard InChI is InChI=1S/C25H26N4O3/c1-4-16(5-2)14-32-25(31)21-22-24(28-20-9-7-6-8-19(20)27-22)29(23(21)26)18-12-10-17(11-13-18)15(3)30/h6-13,16H,4-5,14,26H2,1-3H3. The third kappa shape index (κ3) is 3.82. The van der Waals surface area contributed by atoms with E-state index in [9.17, 15) is 9.59 Å². The van der Waals surface area contributed by atoms with Gasteiger partial charge in [0, 0.05) is 11.3 Å². The maximum Gasteiger partial charge on any atom is 0.344 e. The fourth-order valence-corrected chi connectivity index (χ4v) is 3.76. The van der Waals surface area contributed by atoms with Gasteiger partial charge in [-0.2, -0.15) is 0 Å². The van der Waals surface area contributed by atoms with E-state index in [4.69, 9.17) is 20.4 Å². The van der Waals surface area contributed by atoms with Crippen LogP contribution in [0.4, 0.5) is 5.82 Å². The zero-order valence-corrected chi connectivity index (χ0v) is 18.5. The molecule has 0 amide bonds. The topological polar surface area (TPSA) is 100 Å². The van der Waals surface area contributed by atoms with Gasteiger partial charge in [0.05, 0.1) is 17.6 Å². The van der Waals surface area contributed by atoms with Crippen LogP contribution in [0.2, 0.25) is 0 Å². The minimum Gasteiger partial charge on any atom is -0.462 e. The van der Waals surface area contributed by atoms with E-state index in [1.54, 1.807) is 28.8 Å². The third-order valence-electron chi connectivity index (χ3n) is 5.84. The number of esters is 1. The highest BCUT2D eigenvalue weighted by atomic mass is 16.5. The van der Waals surface area contributed by atoms with Crippen molar-refractivity contribution in [2.45, 2.75) is 33.6 Å². The lowest BCUT2D eigenvalue weighted by Crippen LogP contribution is -2.15. The van der Waals surface area contributed by atoms with Gasteiger partial charge >= 0.3 is 5.97 Å². The number of benzene rings is 2. The van der Waals surface area contributed by atoms with Crippen LogP contribution < -0.4 is 5.73 Å². The van der Waals surface area contributed by atoms with E-state index in [-0.39, 0.29) is 17.2 Å². The Morgan fingerprint density at radius 3 is 2.22 bits per heavy atom. The van der Waals surface area contributed by atoms with Crippen molar-refractivity contribution in [1.29, 1.82) is 0 Å². The molecule has 0 bridgehead atoms. The first-order valence-corrected chi connectivity index (χ1v) is 10.8. The highest BCUT2D eigenvalue weighted by Gasteiger charge is 2.26. The van der Waals surface area contributed by atoms with Gasteiger partial charge in [-0.25, -0.2) is 14.8 Å². The maximum absolute atomic E-state index is 13.1. The van der Waals surface area contributed by atoms with Gasteiger partial charge in [0.15, 0.2) is 11.4 Å². The van der Waals surface area contributed by atoms with E-state index in [1.807, 2.05) is 24.3 Å². The SMILES string of the molecule is CCC(CC)COC(=O)c1c(N)n(-c2ccc(C(C)=O)cc2)c2nc3ccccc3nc12. The fourth-order valence-electron chi connectivity index (χ4n) is 3.76. The summed E-state index contributed by atoms with van der Waals surface area (Å²) in [5.74, 6) is -0.0404. The number of rotatable bonds is 7. The maximum atomic E-state index is 13.1. The van der Waals surface area contributed by atoms with E-state index in [0.29, 0.717) is 46.0 Å². The van der Waals surface area contributed by atoms with Crippen molar-refractivity contribution in [2.24, 2.45) is 5.92 Å². The molecule has 2 aromatic carbocycles. The molecule has 0 atom stereocenters. The summed E-state index contributed by atoms with van der Waals surface area (Å²) in [4.78, 5) is 34.2. The van der Waals surface area contributed by atoms with E-state index in [1.165, 1.54) is 6.92 Å². The van der Waals surface area contributed by atoms with Gasteiger partial charge in [0.2, 0.25) is 0 Å². The summed E-state index contributed by atoms with van der Waals surface area (Å²) in [5, 5.41) is 0. The van der Waals surface area contributed by atoms with Gasteiger partial charge in [-0.1, -0.05) is 38.8 Å². The highest BCUT2D eigenvalue weighted by Crippen LogP contribution is 2.31. The predicted octanol–water partition coefficient (Wildman–Crippen LogP) is 4.95. The number of anilines is 1. The molecule has 0 spiro atoms. The smallest absolute Gasteiger partial charge is 0.344 e. The van der Waals surface area contributed by atoms with Crippen molar-refractivity contribution in [3.63, 3.8) is 0 Å². The molecule has 0 aliphatic rings. The van der Waals surface area contributed by atoms with Crippen molar-refractivity contribution in [1.82, 2.24) is 14.5 Å². The van der Waals surface area contributed by atoms with E-state index >= 15 is 0 Å². The number of Topliss-reactive ketones (excluding diaryl/α,β-unsaturated/α-hetero) is 1. The van der Waals surface area contributed by atoms with Gasteiger partial charge in [0.1, 0.15) is 16.9 Å².